The molecule has 0 amide bonds. The second-order valence-electron chi connectivity index (χ2n) is 4.37. The Hall–Kier alpha value is -3.09. The first-order chi connectivity index (χ1) is 10.3. The van der Waals surface area contributed by atoms with Crippen molar-refractivity contribution in [3.8, 4) is 5.82 Å². The maximum Gasteiger partial charge on any atom is 0.158 e. The topological polar surface area (TPSA) is 80.9 Å². The van der Waals surface area contributed by atoms with Crippen LogP contribution in [0.5, 0.6) is 0 Å². The normalized spacial score (nSPS) is 10.9. The van der Waals surface area contributed by atoms with E-state index in [1.165, 1.54) is 6.33 Å². The molecule has 7 heteroatoms. The van der Waals surface area contributed by atoms with Gasteiger partial charge in [0.25, 0.3) is 0 Å². The Balaban J connectivity index is 1.73. The lowest BCUT2D eigenvalue weighted by molar-refractivity contribution is 0.839. The Kier molecular flexibility index (Phi) is 3.64. The van der Waals surface area contributed by atoms with E-state index in [4.69, 9.17) is 0 Å². The first-order valence-electron chi connectivity index (χ1n) is 6.34. The molecule has 0 aliphatic carbocycles. The molecule has 0 saturated heterocycles. The minimum Gasteiger partial charge on any atom is -0.265 e. The maximum absolute atomic E-state index is 4.21. The SMILES string of the molecule is Cc1cnn(-c2cc(NN=Cc3ccncc3)ncn2)c1. The fourth-order valence-electron chi connectivity index (χ4n) is 1.69. The molecule has 0 aromatic carbocycles. The predicted octanol–water partition coefficient (Wildman–Crippen LogP) is 1.81. The Morgan fingerprint density at radius 1 is 1.24 bits per heavy atom. The fraction of sp³-hybridized carbons (Fsp3) is 0.0714. The van der Waals surface area contributed by atoms with Gasteiger partial charge in [-0.2, -0.15) is 10.2 Å². The molecule has 0 bridgehead atoms. The molecule has 3 heterocycles. The molecule has 7 nitrogen and oxygen atoms in total. The van der Waals surface area contributed by atoms with E-state index in [9.17, 15) is 0 Å². The van der Waals surface area contributed by atoms with Crippen LogP contribution in [0.3, 0.4) is 0 Å². The summed E-state index contributed by atoms with van der Waals surface area (Å²) < 4.78 is 1.69. The minimum atomic E-state index is 0.596. The fourth-order valence-corrected chi connectivity index (χ4v) is 1.69. The predicted molar refractivity (Wildman–Crippen MR) is 79.3 cm³/mol. The van der Waals surface area contributed by atoms with Crippen LogP contribution < -0.4 is 5.43 Å². The first kappa shape index (κ1) is 12.9. The summed E-state index contributed by atoms with van der Waals surface area (Å²) in [5.41, 5.74) is 4.89. The number of hydrogen-bond donors (Lipinski definition) is 1. The van der Waals surface area contributed by atoms with Gasteiger partial charge in [-0.1, -0.05) is 0 Å². The molecular formula is C14H13N7. The van der Waals surface area contributed by atoms with Crippen molar-refractivity contribution >= 4 is 12.0 Å². The molecule has 0 unspecified atom stereocenters. The van der Waals surface area contributed by atoms with Crippen molar-refractivity contribution in [3.63, 3.8) is 0 Å². The zero-order chi connectivity index (χ0) is 14.5. The highest BCUT2D eigenvalue weighted by molar-refractivity contribution is 5.79. The Bertz CT molecular complexity index is 749. The third-order valence-electron chi connectivity index (χ3n) is 2.70. The zero-order valence-corrected chi connectivity index (χ0v) is 11.4. The van der Waals surface area contributed by atoms with E-state index in [2.05, 4.69) is 30.6 Å². The van der Waals surface area contributed by atoms with E-state index in [0.29, 0.717) is 11.6 Å². The summed E-state index contributed by atoms with van der Waals surface area (Å²) in [6, 6.07) is 5.50. The molecule has 0 fully saturated rings. The molecule has 0 radical (unpaired) electrons. The standard InChI is InChI=1S/C14H13N7/c1-11-7-19-21(9-11)14-6-13(16-10-17-14)20-18-8-12-2-4-15-5-3-12/h2-10H,1H3,(H,16,17,20). The number of aromatic nitrogens is 5. The Labute approximate surface area is 121 Å². The molecule has 21 heavy (non-hydrogen) atoms. The van der Waals surface area contributed by atoms with Crippen LogP contribution in [0.25, 0.3) is 5.82 Å². The second-order valence-corrected chi connectivity index (χ2v) is 4.37. The summed E-state index contributed by atoms with van der Waals surface area (Å²) in [4.78, 5) is 12.2. The zero-order valence-electron chi connectivity index (χ0n) is 11.4. The van der Waals surface area contributed by atoms with Crippen molar-refractivity contribution in [2.45, 2.75) is 6.92 Å². The number of rotatable bonds is 4. The van der Waals surface area contributed by atoms with Gasteiger partial charge in [0.15, 0.2) is 11.6 Å². The van der Waals surface area contributed by atoms with Crippen LogP contribution >= 0.6 is 0 Å². The van der Waals surface area contributed by atoms with Crippen molar-refractivity contribution in [1.82, 2.24) is 24.7 Å². The molecule has 0 atom stereocenters. The molecular weight excluding hydrogens is 266 g/mol. The van der Waals surface area contributed by atoms with Gasteiger partial charge in [0, 0.05) is 24.7 Å². The quantitative estimate of drug-likeness (QED) is 0.582. The van der Waals surface area contributed by atoms with E-state index >= 15 is 0 Å². The van der Waals surface area contributed by atoms with Gasteiger partial charge in [0.2, 0.25) is 0 Å². The van der Waals surface area contributed by atoms with Crippen LogP contribution in [-0.4, -0.2) is 30.9 Å². The Morgan fingerprint density at radius 2 is 2.10 bits per heavy atom. The molecule has 3 rings (SSSR count). The van der Waals surface area contributed by atoms with Gasteiger partial charge in [-0.15, -0.1) is 0 Å². The van der Waals surface area contributed by atoms with Crippen LogP contribution in [0.4, 0.5) is 5.82 Å². The third kappa shape index (κ3) is 3.27. The number of nitrogens with one attached hydrogen (secondary N) is 1. The first-order valence-corrected chi connectivity index (χ1v) is 6.34. The highest BCUT2D eigenvalue weighted by Gasteiger charge is 2.01. The minimum absolute atomic E-state index is 0.596. The van der Waals surface area contributed by atoms with Crippen LogP contribution in [0.2, 0.25) is 0 Å². The van der Waals surface area contributed by atoms with Gasteiger partial charge in [-0.05, 0) is 30.2 Å². The molecule has 0 aliphatic rings. The van der Waals surface area contributed by atoms with Gasteiger partial charge in [0.1, 0.15) is 6.33 Å². The van der Waals surface area contributed by atoms with E-state index in [1.807, 2.05) is 25.3 Å². The Morgan fingerprint density at radius 3 is 2.86 bits per heavy atom. The van der Waals surface area contributed by atoms with E-state index in [1.54, 1.807) is 35.6 Å². The van der Waals surface area contributed by atoms with Gasteiger partial charge < -0.3 is 0 Å². The highest BCUT2D eigenvalue weighted by atomic mass is 15.3. The molecule has 3 aromatic heterocycles. The highest BCUT2D eigenvalue weighted by Crippen LogP contribution is 2.09. The van der Waals surface area contributed by atoms with Crippen LogP contribution in [0, 0.1) is 6.92 Å². The average molecular weight is 279 g/mol. The van der Waals surface area contributed by atoms with Crippen LogP contribution in [0.1, 0.15) is 11.1 Å². The molecule has 0 saturated carbocycles. The van der Waals surface area contributed by atoms with E-state index < -0.39 is 0 Å². The van der Waals surface area contributed by atoms with Crippen LogP contribution in [-0.2, 0) is 0 Å². The second kappa shape index (κ2) is 5.91. The van der Waals surface area contributed by atoms with Gasteiger partial charge in [-0.25, -0.2) is 14.6 Å². The van der Waals surface area contributed by atoms with Gasteiger partial charge in [0.05, 0.1) is 12.4 Å². The molecule has 0 spiro atoms. The molecule has 0 aliphatic heterocycles. The van der Waals surface area contributed by atoms with Crippen molar-refractivity contribution in [1.29, 1.82) is 0 Å². The number of hydrogen-bond acceptors (Lipinski definition) is 6. The van der Waals surface area contributed by atoms with Crippen molar-refractivity contribution in [2.24, 2.45) is 5.10 Å². The monoisotopic (exact) mass is 279 g/mol. The lowest BCUT2D eigenvalue weighted by atomic mass is 10.3. The third-order valence-corrected chi connectivity index (χ3v) is 2.70. The molecule has 1 N–H and O–H groups in total. The summed E-state index contributed by atoms with van der Waals surface area (Å²) in [5, 5.41) is 8.34. The van der Waals surface area contributed by atoms with Crippen molar-refractivity contribution in [3.05, 3.63) is 60.4 Å². The van der Waals surface area contributed by atoms with Crippen molar-refractivity contribution in [2.75, 3.05) is 5.43 Å². The maximum atomic E-state index is 4.21. The number of anilines is 1. The van der Waals surface area contributed by atoms with E-state index in [0.717, 1.165) is 11.1 Å². The van der Waals surface area contributed by atoms with Crippen LogP contribution in [0.15, 0.2) is 54.4 Å². The van der Waals surface area contributed by atoms with E-state index in [-0.39, 0.29) is 0 Å². The number of aryl methyl sites for hydroxylation is 1. The summed E-state index contributed by atoms with van der Waals surface area (Å²) in [5.74, 6) is 1.28. The van der Waals surface area contributed by atoms with Crippen molar-refractivity contribution < 1.29 is 0 Å². The number of hydrazone groups is 1. The summed E-state index contributed by atoms with van der Waals surface area (Å²) >= 11 is 0. The average Bonchev–Trinajstić information content (AvgIpc) is 2.95. The van der Waals surface area contributed by atoms with Gasteiger partial charge in [-0.3, -0.25) is 10.4 Å². The molecule has 104 valence electrons. The number of nitrogens with zero attached hydrogens (tertiary/aromatic N) is 6. The lowest BCUT2D eigenvalue weighted by Crippen LogP contribution is -2.01. The largest absolute Gasteiger partial charge is 0.265 e. The van der Waals surface area contributed by atoms with Gasteiger partial charge >= 0.3 is 0 Å². The molecule has 3 aromatic rings. The number of pyridine rings is 1. The lowest BCUT2D eigenvalue weighted by Gasteiger charge is -2.02. The summed E-state index contributed by atoms with van der Waals surface area (Å²) in [7, 11) is 0. The smallest absolute Gasteiger partial charge is 0.158 e. The summed E-state index contributed by atoms with van der Waals surface area (Å²) in [6.45, 7) is 1.98. The summed E-state index contributed by atoms with van der Waals surface area (Å²) in [6.07, 6.45) is 10.3.